The van der Waals surface area contributed by atoms with Crippen molar-refractivity contribution in [3.8, 4) is 0 Å². The van der Waals surface area contributed by atoms with Gasteiger partial charge < -0.3 is 16.0 Å². The Hall–Kier alpha value is -0.530. The highest BCUT2D eigenvalue weighted by Crippen LogP contribution is 2.39. The third kappa shape index (κ3) is 8.03. The molecule has 142 valence electrons. The Morgan fingerprint density at radius 3 is 2.29 bits per heavy atom. The van der Waals surface area contributed by atoms with Crippen molar-refractivity contribution in [2.45, 2.75) is 71.1 Å². The zero-order valence-corrected chi connectivity index (χ0v) is 18.1. The zero-order valence-electron chi connectivity index (χ0n) is 15.8. The second-order valence-corrected chi connectivity index (χ2v) is 7.08. The maximum absolute atomic E-state index is 12.5. The second-order valence-electron chi connectivity index (χ2n) is 7.08. The fourth-order valence-corrected chi connectivity index (χ4v) is 3.38. The first-order chi connectivity index (χ1) is 11.0. The highest BCUT2D eigenvalue weighted by molar-refractivity contribution is 14.0. The predicted octanol–water partition coefficient (Wildman–Crippen LogP) is 3.52. The maximum atomic E-state index is 12.5. The summed E-state index contributed by atoms with van der Waals surface area (Å²) in [7, 11) is 3.65. The molecule has 1 rings (SSSR count). The topological polar surface area (TPSA) is 70.7 Å². The molecule has 5 nitrogen and oxygen atoms in total. The molecule has 0 spiro atoms. The summed E-state index contributed by atoms with van der Waals surface area (Å²) in [6.07, 6.45) is 11.7. The van der Waals surface area contributed by atoms with Crippen molar-refractivity contribution in [1.29, 1.82) is 0 Å². The van der Waals surface area contributed by atoms with Gasteiger partial charge in [-0.1, -0.05) is 51.9 Å². The monoisotopic (exact) mass is 452 g/mol. The first-order valence-corrected chi connectivity index (χ1v) is 9.27. The number of halogens is 1. The lowest BCUT2D eigenvalue weighted by atomic mass is 9.85. The van der Waals surface area contributed by atoms with Crippen molar-refractivity contribution in [3.63, 3.8) is 0 Å². The number of nitrogens with zero attached hydrogens (tertiary/aromatic N) is 2. The van der Waals surface area contributed by atoms with Gasteiger partial charge >= 0.3 is 0 Å². The van der Waals surface area contributed by atoms with Crippen molar-refractivity contribution in [2.24, 2.45) is 16.1 Å². The third-order valence-corrected chi connectivity index (χ3v) is 4.81. The van der Waals surface area contributed by atoms with Gasteiger partial charge in [-0.05, 0) is 19.3 Å². The molecule has 1 fully saturated rings. The molecule has 1 amide bonds. The number of carbonyl (C=O) groups is 1. The van der Waals surface area contributed by atoms with E-state index >= 15 is 0 Å². The number of rotatable bonds is 10. The average Bonchev–Trinajstić information content (AvgIpc) is 3.01. The number of hydrogen-bond donors (Lipinski definition) is 2. The van der Waals surface area contributed by atoms with E-state index in [1.807, 2.05) is 14.1 Å². The minimum Gasteiger partial charge on any atom is -0.370 e. The Labute approximate surface area is 165 Å². The van der Waals surface area contributed by atoms with E-state index in [0.717, 1.165) is 38.6 Å². The van der Waals surface area contributed by atoms with Gasteiger partial charge in [-0.3, -0.25) is 9.79 Å². The van der Waals surface area contributed by atoms with E-state index in [2.05, 4.69) is 17.2 Å². The van der Waals surface area contributed by atoms with Crippen LogP contribution in [0.25, 0.3) is 0 Å². The lowest BCUT2D eigenvalue weighted by Crippen LogP contribution is -2.42. The van der Waals surface area contributed by atoms with Crippen LogP contribution >= 0.6 is 24.0 Å². The molecule has 0 atom stereocenters. The molecular formula is C18H37IN4O. The van der Waals surface area contributed by atoms with Crippen LogP contribution in [0.3, 0.4) is 0 Å². The SMILES string of the molecule is CCCCCCCCNC(N)=NCC1(C(=O)N(C)C)CCCC1.I. The van der Waals surface area contributed by atoms with Gasteiger partial charge in [-0.25, -0.2) is 0 Å². The molecular weight excluding hydrogens is 415 g/mol. The van der Waals surface area contributed by atoms with Crippen LogP contribution in [-0.4, -0.2) is 44.0 Å². The Morgan fingerprint density at radius 1 is 1.12 bits per heavy atom. The van der Waals surface area contributed by atoms with Gasteiger partial charge in [0, 0.05) is 20.6 Å². The highest BCUT2D eigenvalue weighted by Gasteiger charge is 2.41. The minimum absolute atomic E-state index is 0. The molecule has 0 bridgehead atoms. The average molecular weight is 452 g/mol. The van der Waals surface area contributed by atoms with E-state index in [1.165, 1.54) is 32.1 Å². The van der Waals surface area contributed by atoms with E-state index in [-0.39, 0.29) is 35.3 Å². The van der Waals surface area contributed by atoms with Gasteiger partial charge in [-0.2, -0.15) is 0 Å². The number of carbonyl (C=O) groups excluding carboxylic acids is 1. The zero-order chi connectivity index (χ0) is 17.1. The van der Waals surface area contributed by atoms with E-state index < -0.39 is 0 Å². The molecule has 3 N–H and O–H groups in total. The number of guanidine groups is 1. The van der Waals surface area contributed by atoms with Gasteiger partial charge in [0.2, 0.25) is 5.91 Å². The molecule has 24 heavy (non-hydrogen) atoms. The Kier molecular flexibility index (Phi) is 12.5. The normalized spacial score (nSPS) is 16.5. The summed E-state index contributed by atoms with van der Waals surface area (Å²) in [5.41, 5.74) is 5.64. The summed E-state index contributed by atoms with van der Waals surface area (Å²) in [5.74, 6) is 0.680. The number of nitrogens with two attached hydrogens (primary N) is 1. The summed E-state index contributed by atoms with van der Waals surface area (Å²) >= 11 is 0. The van der Waals surface area contributed by atoms with Crippen LogP contribution in [-0.2, 0) is 4.79 Å². The van der Waals surface area contributed by atoms with E-state index in [1.54, 1.807) is 4.90 Å². The summed E-state index contributed by atoms with van der Waals surface area (Å²) < 4.78 is 0. The van der Waals surface area contributed by atoms with E-state index in [9.17, 15) is 4.79 Å². The van der Waals surface area contributed by atoms with E-state index in [4.69, 9.17) is 5.73 Å². The van der Waals surface area contributed by atoms with Gasteiger partial charge in [0.05, 0.1) is 12.0 Å². The summed E-state index contributed by atoms with van der Waals surface area (Å²) in [4.78, 5) is 18.6. The first kappa shape index (κ1) is 23.5. The first-order valence-electron chi connectivity index (χ1n) is 9.27. The standard InChI is InChI=1S/C18H36N4O.HI/c1-4-5-6-7-8-11-14-20-17(19)21-15-18(12-9-10-13-18)16(23)22(2)3;/h4-15H2,1-3H3,(H3,19,20,21);1H. The van der Waals surface area contributed by atoms with Crippen LogP contribution in [0.15, 0.2) is 4.99 Å². The third-order valence-electron chi connectivity index (χ3n) is 4.81. The lowest BCUT2D eigenvalue weighted by molar-refractivity contribution is -0.138. The highest BCUT2D eigenvalue weighted by atomic mass is 127. The minimum atomic E-state index is -0.323. The molecule has 0 aromatic heterocycles. The molecule has 1 aliphatic carbocycles. The van der Waals surface area contributed by atoms with Crippen molar-refractivity contribution in [2.75, 3.05) is 27.2 Å². The van der Waals surface area contributed by atoms with Crippen LogP contribution in [0.1, 0.15) is 71.1 Å². The van der Waals surface area contributed by atoms with Gasteiger partial charge in [0.15, 0.2) is 5.96 Å². The number of unbranched alkanes of at least 4 members (excludes halogenated alkanes) is 5. The quantitative estimate of drug-likeness (QED) is 0.231. The molecule has 0 saturated heterocycles. The van der Waals surface area contributed by atoms with Crippen LogP contribution in [0.4, 0.5) is 0 Å². The second kappa shape index (κ2) is 12.8. The largest absolute Gasteiger partial charge is 0.370 e. The Balaban J connectivity index is 0.00000529. The van der Waals surface area contributed by atoms with Crippen molar-refractivity contribution in [3.05, 3.63) is 0 Å². The number of amides is 1. The molecule has 0 aliphatic heterocycles. The fraction of sp³-hybridized carbons (Fsp3) is 0.889. The van der Waals surface area contributed by atoms with Gasteiger partial charge in [0.1, 0.15) is 0 Å². The van der Waals surface area contributed by atoms with Gasteiger partial charge in [-0.15, -0.1) is 24.0 Å². The molecule has 6 heteroatoms. The lowest BCUT2D eigenvalue weighted by Gasteiger charge is -2.29. The predicted molar refractivity (Wildman–Crippen MR) is 113 cm³/mol. The van der Waals surface area contributed by atoms with Crippen LogP contribution < -0.4 is 11.1 Å². The van der Waals surface area contributed by atoms with Crippen LogP contribution in [0.2, 0.25) is 0 Å². The smallest absolute Gasteiger partial charge is 0.230 e. The summed E-state index contributed by atoms with van der Waals surface area (Å²) in [6, 6.07) is 0. The molecule has 0 unspecified atom stereocenters. The molecule has 1 aliphatic rings. The van der Waals surface area contributed by atoms with E-state index in [0.29, 0.717) is 12.5 Å². The maximum Gasteiger partial charge on any atom is 0.230 e. The van der Waals surface area contributed by atoms with Crippen molar-refractivity contribution in [1.82, 2.24) is 10.2 Å². The molecule has 1 saturated carbocycles. The molecule has 0 heterocycles. The number of hydrogen-bond acceptors (Lipinski definition) is 2. The Bertz CT molecular complexity index is 379. The fourth-order valence-electron chi connectivity index (χ4n) is 3.38. The number of aliphatic imine (C=N–C) groups is 1. The Morgan fingerprint density at radius 2 is 1.71 bits per heavy atom. The van der Waals surface area contributed by atoms with Crippen molar-refractivity contribution < 1.29 is 4.79 Å². The summed E-state index contributed by atoms with van der Waals surface area (Å²) in [6.45, 7) is 3.62. The van der Waals surface area contributed by atoms with Crippen LogP contribution in [0, 0.1) is 5.41 Å². The summed E-state index contributed by atoms with van der Waals surface area (Å²) in [5, 5.41) is 3.19. The van der Waals surface area contributed by atoms with Crippen LogP contribution in [0.5, 0.6) is 0 Å². The van der Waals surface area contributed by atoms with Gasteiger partial charge in [0.25, 0.3) is 0 Å². The molecule has 0 aromatic rings. The molecule has 0 radical (unpaired) electrons. The van der Waals surface area contributed by atoms with Crippen molar-refractivity contribution >= 4 is 35.8 Å². The number of nitrogens with one attached hydrogen (secondary N) is 1. The molecule has 0 aromatic carbocycles.